The predicted octanol–water partition coefficient (Wildman–Crippen LogP) is 1.49. The van der Waals surface area contributed by atoms with Gasteiger partial charge in [0.15, 0.2) is 12.4 Å². The molecule has 1 aromatic carbocycles. The van der Waals surface area contributed by atoms with Gasteiger partial charge >= 0.3 is 5.97 Å². The molecule has 1 N–H and O–H groups in total. The Hall–Kier alpha value is -1.39. The molecule has 4 heteroatoms. The molecule has 0 amide bonds. The SMILES string of the molecule is Cc1ccccc1C1OCC(C(=O)O)O1. The minimum atomic E-state index is -0.980. The standard InChI is InChI=1S/C11H12O4/c1-7-4-2-3-5-8(7)11-14-6-9(15-11)10(12)13/h2-5,9,11H,6H2,1H3,(H,12,13). The van der Waals surface area contributed by atoms with Crippen LogP contribution in [-0.2, 0) is 14.3 Å². The fourth-order valence-corrected chi connectivity index (χ4v) is 1.55. The Morgan fingerprint density at radius 3 is 2.80 bits per heavy atom. The Labute approximate surface area is 87.4 Å². The average molecular weight is 208 g/mol. The molecule has 1 fully saturated rings. The zero-order chi connectivity index (χ0) is 10.8. The van der Waals surface area contributed by atoms with Crippen LogP contribution in [0.25, 0.3) is 0 Å². The van der Waals surface area contributed by atoms with Gasteiger partial charge in [-0.1, -0.05) is 24.3 Å². The number of hydrogen-bond donors (Lipinski definition) is 1. The fourth-order valence-electron chi connectivity index (χ4n) is 1.55. The third-order valence-corrected chi connectivity index (χ3v) is 2.40. The zero-order valence-electron chi connectivity index (χ0n) is 8.34. The van der Waals surface area contributed by atoms with Gasteiger partial charge in [0, 0.05) is 5.56 Å². The number of aliphatic carboxylic acids is 1. The number of rotatable bonds is 2. The summed E-state index contributed by atoms with van der Waals surface area (Å²) in [7, 11) is 0. The lowest BCUT2D eigenvalue weighted by Gasteiger charge is -2.12. The van der Waals surface area contributed by atoms with E-state index in [0.29, 0.717) is 0 Å². The molecule has 1 aliphatic rings. The van der Waals surface area contributed by atoms with Crippen molar-refractivity contribution in [3.8, 4) is 0 Å². The Morgan fingerprint density at radius 1 is 1.47 bits per heavy atom. The molecular weight excluding hydrogens is 196 g/mol. The minimum Gasteiger partial charge on any atom is -0.479 e. The number of benzene rings is 1. The molecule has 80 valence electrons. The highest BCUT2D eigenvalue weighted by molar-refractivity contribution is 5.72. The molecule has 1 aliphatic heterocycles. The molecular formula is C11H12O4. The van der Waals surface area contributed by atoms with E-state index in [2.05, 4.69) is 0 Å². The van der Waals surface area contributed by atoms with Crippen LogP contribution in [0.1, 0.15) is 17.4 Å². The van der Waals surface area contributed by atoms with Crippen LogP contribution < -0.4 is 0 Å². The maximum Gasteiger partial charge on any atom is 0.335 e. The van der Waals surface area contributed by atoms with Crippen molar-refractivity contribution in [2.75, 3.05) is 6.61 Å². The molecule has 0 bridgehead atoms. The summed E-state index contributed by atoms with van der Waals surface area (Å²) < 4.78 is 10.6. The van der Waals surface area contributed by atoms with Crippen molar-refractivity contribution in [3.63, 3.8) is 0 Å². The summed E-state index contributed by atoms with van der Waals surface area (Å²) >= 11 is 0. The molecule has 2 unspecified atom stereocenters. The summed E-state index contributed by atoms with van der Waals surface area (Å²) in [5.41, 5.74) is 1.93. The van der Waals surface area contributed by atoms with Crippen molar-refractivity contribution in [1.82, 2.24) is 0 Å². The first kappa shape index (κ1) is 10.1. The fraction of sp³-hybridized carbons (Fsp3) is 0.364. The molecule has 0 saturated carbocycles. The molecule has 4 nitrogen and oxygen atoms in total. The van der Waals surface area contributed by atoms with Crippen molar-refractivity contribution in [2.24, 2.45) is 0 Å². The summed E-state index contributed by atoms with van der Waals surface area (Å²) in [6, 6.07) is 7.62. The average Bonchev–Trinajstić information content (AvgIpc) is 2.67. The lowest BCUT2D eigenvalue weighted by Crippen LogP contribution is -2.21. The number of carboxylic acid groups (broad SMARTS) is 1. The smallest absolute Gasteiger partial charge is 0.335 e. The van der Waals surface area contributed by atoms with Gasteiger partial charge in [-0.05, 0) is 12.5 Å². The summed E-state index contributed by atoms with van der Waals surface area (Å²) in [5.74, 6) is -0.980. The largest absolute Gasteiger partial charge is 0.479 e. The summed E-state index contributed by atoms with van der Waals surface area (Å²) in [5, 5.41) is 8.74. The van der Waals surface area contributed by atoms with Gasteiger partial charge in [0.1, 0.15) is 0 Å². The Balaban J connectivity index is 2.14. The Morgan fingerprint density at radius 2 is 2.20 bits per heavy atom. The Kier molecular flexibility index (Phi) is 2.70. The lowest BCUT2D eigenvalue weighted by molar-refractivity contribution is -0.150. The highest BCUT2D eigenvalue weighted by atomic mass is 16.7. The Bertz CT molecular complexity index is 375. The lowest BCUT2D eigenvalue weighted by atomic mass is 10.1. The summed E-state index contributed by atoms with van der Waals surface area (Å²) in [4.78, 5) is 10.7. The monoisotopic (exact) mass is 208 g/mol. The van der Waals surface area contributed by atoms with Gasteiger partial charge in [-0.25, -0.2) is 4.79 Å². The molecule has 0 aliphatic carbocycles. The minimum absolute atomic E-state index is 0.105. The van der Waals surface area contributed by atoms with Gasteiger partial charge in [-0.15, -0.1) is 0 Å². The summed E-state index contributed by atoms with van der Waals surface area (Å²) in [6.45, 7) is 2.05. The van der Waals surface area contributed by atoms with Crippen LogP contribution in [0.15, 0.2) is 24.3 Å². The maximum atomic E-state index is 10.7. The highest BCUT2D eigenvalue weighted by Gasteiger charge is 2.32. The number of aryl methyl sites for hydroxylation is 1. The first-order valence-corrected chi connectivity index (χ1v) is 4.74. The number of carboxylic acids is 1. The molecule has 1 saturated heterocycles. The third-order valence-electron chi connectivity index (χ3n) is 2.40. The second-order valence-electron chi connectivity index (χ2n) is 3.48. The van der Waals surface area contributed by atoms with Crippen molar-refractivity contribution in [1.29, 1.82) is 0 Å². The molecule has 2 atom stereocenters. The maximum absolute atomic E-state index is 10.7. The normalized spacial score (nSPS) is 25.4. The quantitative estimate of drug-likeness (QED) is 0.800. The van der Waals surface area contributed by atoms with Gasteiger partial charge in [0.25, 0.3) is 0 Å². The van der Waals surface area contributed by atoms with E-state index in [1.807, 2.05) is 31.2 Å². The van der Waals surface area contributed by atoms with Crippen LogP contribution in [0.3, 0.4) is 0 Å². The van der Waals surface area contributed by atoms with Crippen LogP contribution in [0.5, 0.6) is 0 Å². The first-order chi connectivity index (χ1) is 7.18. The zero-order valence-corrected chi connectivity index (χ0v) is 8.34. The van der Waals surface area contributed by atoms with Crippen LogP contribution in [0, 0.1) is 6.92 Å². The van der Waals surface area contributed by atoms with Gasteiger partial charge in [0.05, 0.1) is 6.61 Å². The first-order valence-electron chi connectivity index (χ1n) is 4.74. The van der Waals surface area contributed by atoms with E-state index in [0.717, 1.165) is 11.1 Å². The van der Waals surface area contributed by atoms with E-state index >= 15 is 0 Å². The van der Waals surface area contributed by atoms with E-state index in [-0.39, 0.29) is 6.61 Å². The number of ether oxygens (including phenoxy) is 2. The molecule has 2 rings (SSSR count). The van der Waals surface area contributed by atoms with E-state index in [1.54, 1.807) is 0 Å². The van der Waals surface area contributed by atoms with E-state index in [1.165, 1.54) is 0 Å². The van der Waals surface area contributed by atoms with Crippen LogP contribution in [0.4, 0.5) is 0 Å². The van der Waals surface area contributed by atoms with Gasteiger partial charge in [-0.2, -0.15) is 0 Å². The van der Waals surface area contributed by atoms with E-state index < -0.39 is 18.4 Å². The van der Waals surface area contributed by atoms with Gasteiger partial charge in [-0.3, -0.25) is 0 Å². The van der Waals surface area contributed by atoms with E-state index in [9.17, 15) is 4.79 Å². The number of carbonyl (C=O) groups is 1. The van der Waals surface area contributed by atoms with Crippen LogP contribution in [-0.4, -0.2) is 23.8 Å². The molecule has 1 aromatic rings. The topological polar surface area (TPSA) is 55.8 Å². The van der Waals surface area contributed by atoms with Crippen LogP contribution in [0.2, 0.25) is 0 Å². The number of hydrogen-bond acceptors (Lipinski definition) is 3. The van der Waals surface area contributed by atoms with Gasteiger partial charge < -0.3 is 14.6 Å². The van der Waals surface area contributed by atoms with Gasteiger partial charge in [0.2, 0.25) is 0 Å². The van der Waals surface area contributed by atoms with Crippen molar-refractivity contribution < 1.29 is 19.4 Å². The molecule has 0 aromatic heterocycles. The molecule has 0 spiro atoms. The molecule has 15 heavy (non-hydrogen) atoms. The summed E-state index contributed by atoms with van der Waals surface area (Å²) in [6.07, 6.45) is -1.40. The van der Waals surface area contributed by atoms with Crippen molar-refractivity contribution in [2.45, 2.75) is 19.3 Å². The molecule has 1 heterocycles. The van der Waals surface area contributed by atoms with Crippen molar-refractivity contribution in [3.05, 3.63) is 35.4 Å². The second kappa shape index (κ2) is 4.00. The predicted molar refractivity (Wildman–Crippen MR) is 52.4 cm³/mol. The van der Waals surface area contributed by atoms with Crippen LogP contribution >= 0.6 is 0 Å². The molecule has 0 radical (unpaired) electrons. The van der Waals surface area contributed by atoms with Crippen molar-refractivity contribution >= 4 is 5.97 Å². The third kappa shape index (κ3) is 2.00. The second-order valence-corrected chi connectivity index (χ2v) is 3.48. The highest BCUT2D eigenvalue weighted by Crippen LogP contribution is 2.28. The van der Waals surface area contributed by atoms with E-state index in [4.69, 9.17) is 14.6 Å².